The van der Waals surface area contributed by atoms with E-state index in [1.165, 1.54) is 11.1 Å². The molecule has 0 amide bonds. The van der Waals surface area contributed by atoms with Crippen molar-refractivity contribution in [3.63, 3.8) is 0 Å². The Hall–Kier alpha value is 0.0169. The van der Waals surface area contributed by atoms with Gasteiger partial charge >= 0.3 is 0 Å². The fourth-order valence-electron chi connectivity index (χ4n) is 1.45. The van der Waals surface area contributed by atoms with Gasteiger partial charge in [0.2, 0.25) is 0 Å². The Morgan fingerprint density at radius 1 is 1.29 bits per heavy atom. The zero-order valence-corrected chi connectivity index (χ0v) is 11.4. The molecule has 0 radical (unpaired) electrons. The van der Waals surface area contributed by atoms with Crippen molar-refractivity contribution in [1.29, 1.82) is 0 Å². The summed E-state index contributed by atoms with van der Waals surface area (Å²) in [5.74, 6) is 0.571. The molecule has 0 bridgehead atoms. The van der Waals surface area contributed by atoms with Crippen LogP contribution in [0.1, 0.15) is 23.6 Å². The molecule has 0 spiro atoms. The SMILES string of the molecule is CC(c1ccccc1CCl)[Si](C)(C)Cl. The monoisotopic (exact) mass is 246 g/mol. The van der Waals surface area contributed by atoms with Gasteiger partial charge in [0, 0.05) is 5.88 Å². The predicted octanol–water partition coefficient (Wildman–Crippen LogP) is 4.51. The minimum Gasteiger partial charge on any atom is -0.167 e. The van der Waals surface area contributed by atoms with Crippen LogP contribution in [0.2, 0.25) is 13.1 Å². The molecule has 1 aromatic rings. The van der Waals surface area contributed by atoms with Crippen LogP contribution in [-0.2, 0) is 5.88 Å². The first kappa shape index (κ1) is 12.1. The van der Waals surface area contributed by atoms with Crippen LogP contribution in [0.25, 0.3) is 0 Å². The summed E-state index contributed by atoms with van der Waals surface area (Å²) in [4.78, 5) is 0. The van der Waals surface area contributed by atoms with Crippen molar-refractivity contribution >= 4 is 30.1 Å². The molecule has 0 aliphatic carbocycles. The molecular weight excluding hydrogens is 231 g/mol. The molecule has 1 unspecified atom stereocenters. The molecule has 0 N–H and O–H groups in total. The second-order valence-electron chi connectivity index (χ2n) is 4.12. The Bertz CT molecular complexity index is 304. The van der Waals surface area contributed by atoms with Crippen molar-refractivity contribution in [1.82, 2.24) is 0 Å². The largest absolute Gasteiger partial charge is 0.167 e. The lowest BCUT2D eigenvalue weighted by Gasteiger charge is -2.24. The Morgan fingerprint density at radius 2 is 1.86 bits per heavy atom. The molecule has 0 saturated carbocycles. The van der Waals surface area contributed by atoms with E-state index >= 15 is 0 Å². The van der Waals surface area contributed by atoms with Gasteiger partial charge in [-0.05, 0) is 16.7 Å². The van der Waals surface area contributed by atoms with E-state index in [9.17, 15) is 0 Å². The van der Waals surface area contributed by atoms with Gasteiger partial charge in [-0.2, -0.15) is 11.1 Å². The van der Waals surface area contributed by atoms with Crippen LogP contribution in [0.4, 0.5) is 0 Å². The summed E-state index contributed by atoms with van der Waals surface area (Å²) in [6.07, 6.45) is 0. The minimum atomic E-state index is -1.64. The van der Waals surface area contributed by atoms with Crippen LogP contribution in [0.3, 0.4) is 0 Å². The van der Waals surface area contributed by atoms with Gasteiger partial charge in [0.05, 0.1) is 0 Å². The number of rotatable bonds is 3. The number of hydrogen-bond acceptors (Lipinski definition) is 0. The average molecular weight is 247 g/mol. The quantitative estimate of drug-likeness (QED) is 0.418. The minimum absolute atomic E-state index is 0.444. The molecule has 0 aliphatic heterocycles. The predicted molar refractivity (Wildman–Crippen MR) is 67.7 cm³/mol. The van der Waals surface area contributed by atoms with Crippen molar-refractivity contribution in [3.05, 3.63) is 35.4 Å². The molecular formula is C11H16Cl2Si. The van der Waals surface area contributed by atoms with Crippen LogP contribution in [-0.4, -0.2) is 7.38 Å². The van der Waals surface area contributed by atoms with E-state index in [1.54, 1.807) is 0 Å². The van der Waals surface area contributed by atoms with Crippen molar-refractivity contribution in [2.45, 2.75) is 31.4 Å². The first-order valence-electron chi connectivity index (χ1n) is 4.79. The highest BCUT2D eigenvalue weighted by Gasteiger charge is 2.28. The lowest BCUT2D eigenvalue weighted by atomic mass is 10.1. The fraction of sp³-hybridized carbons (Fsp3) is 0.455. The fourth-order valence-corrected chi connectivity index (χ4v) is 3.07. The lowest BCUT2D eigenvalue weighted by Crippen LogP contribution is -2.26. The molecule has 1 aromatic carbocycles. The highest BCUT2D eigenvalue weighted by molar-refractivity contribution is 7.19. The summed E-state index contributed by atoms with van der Waals surface area (Å²) in [6, 6.07) is 8.30. The standard InChI is InChI=1S/C11H16Cl2Si/c1-9(14(2,3)13)11-7-5-4-6-10(11)8-12/h4-7,9H,8H2,1-3H3. The van der Waals surface area contributed by atoms with E-state index < -0.39 is 7.38 Å². The van der Waals surface area contributed by atoms with E-state index in [4.69, 9.17) is 22.7 Å². The number of halogens is 2. The highest BCUT2D eigenvalue weighted by atomic mass is 35.6. The van der Waals surface area contributed by atoms with Crippen LogP contribution >= 0.6 is 22.7 Å². The number of alkyl halides is 1. The second kappa shape index (κ2) is 4.69. The molecule has 0 saturated heterocycles. The third kappa shape index (κ3) is 2.75. The summed E-state index contributed by atoms with van der Waals surface area (Å²) < 4.78 is 0. The normalized spacial score (nSPS) is 14.1. The zero-order valence-electron chi connectivity index (χ0n) is 8.85. The lowest BCUT2D eigenvalue weighted by molar-refractivity contribution is 1.01. The van der Waals surface area contributed by atoms with E-state index in [1.807, 2.05) is 6.07 Å². The van der Waals surface area contributed by atoms with Crippen molar-refractivity contribution in [2.75, 3.05) is 0 Å². The smallest absolute Gasteiger partial charge is 0.157 e. The van der Waals surface area contributed by atoms with Gasteiger partial charge in [0.15, 0.2) is 7.38 Å². The Morgan fingerprint density at radius 3 is 2.36 bits per heavy atom. The summed E-state index contributed by atoms with van der Waals surface area (Å²) >= 11 is 12.3. The Labute approximate surface area is 96.9 Å². The van der Waals surface area contributed by atoms with Crippen LogP contribution in [0.15, 0.2) is 24.3 Å². The molecule has 78 valence electrons. The van der Waals surface area contributed by atoms with Crippen LogP contribution in [0.5, 0.6) is 0 Å². The Balaban J connectivity index is 3.06. The first-order chi connectivity index (χ1) is 6.46. The van der Waals surface area contributed by atoms with Crippen molar-refractivity contribution in [3.8, 4) is 0 Å². The molecule has 1 rings (SSSR count). The molecule has 0 aliphatic rings. The molecule has 14 heavy (non-hydrogen) atoms. The molecule has 0 nitrogen and oxygen atoms in total. The Kier molecular flexibility index (Phi) is 4.05. The first-order valence-corrected chi connectivity index (χ1v) is 9.42. The van der Waals surface area contributed by atoms with Crippen LogP contribution in [0, 0.1) is 0 Å². The van der Waals surface area contributed by atoms with Gasteiger partial charge in [0.25, 0.3) is 0 Å². The van der Waals surface area contributed by atoms with Crippen molar-refractivity contribution in [2.24, 2.45) is 0 Å². The van der Waals surface area contributed by atoms with Gasteiger partial charge < -0.3 is 0 Å². The average Bonchev–Trinajstić information content (AvgIpc) is 2.15. The van der Waals surface area contributed by atoms with Crippen molar-refractivity contribution < 1.29 is 0 Å². The summed E-state index contributed by atoms with van der Waals surface area (Å²) in [7, 11) is -1.64. The number of hydrogen-bond donors (Lipinski definition) is 0. The van der Waals surface area contributed by atoms with Crippen LogP contribution < -0.4 is 0 Å². The maximum absolute atomic E-state index is 6.44. The summed E-state index contributed by atoms with van der Waals surface area (Å²) in [6.45, 7) is 6.54. The maximum Gasteiger partial charge on any atom is 0.157 e. The molecule has 1 atom stereocenters. The molecule has 0 aromatic heterocycles. The van der Waals surface area contributed by atoms with E-state index in [0.29, 0.717) is 11.4 Å². The highest BCUT2D eigenvalue weighted by Crippen LogP contribution is 2.31. The molecule has 0 fully saturated rings. The zero-order chi connectivity index (χ0) is 10.8. The molecule has 3 heteroatoms. The van der Waals surface area contributed by atoms with E-state index in [2.05, 4.69) is 38.2 Å². The van der Waals surface area contributed by atoms with Gasteiger partial charge in [-0.1, -0.05) is 44.3 Å². The van der Waals surface area contributed by atoms with E-state index in [0.717, 1.165) is 0 Å². The topological polar surface area (TPSA) is 0 Å². The van der Waals surface area contributed by atoms with Gasteiger partial charge in [-0.15, -0.1) is 11.6 Å². The third-order valence-electron chi connectivity index (χ3n) is 2.70. The number of benzene rings is 1. The van der Waals surface area contributed by atoms with Gasteiger partial charge in [-0.3, -0.25) is 0 Å². The maximum atomic E-state index is 6.44. The summed E-state index contributed by atoms with van der Waals surface area (Å²) in [5, 5.41) is 0. The van der Waals surface area contributed by atoms with Gasteiger partial charge in [0.1, 0.15) is 0 Å². The van der Waals surface area contributed by atoms with Gasteiger partial charge in [-0.25, -0.2) is 0 Å². The second-order valence-corrected chi connectivity index (χ2v) is 11.3. The third-order valence-corrected chi connectivity index (χ3v) is 6.34. The van der Waals surface area contributed by atoms with E-state index in [-0.39, 0.29) is 0 Å². The molecule has 0 heterocycles. The summed E-state index contributed by atoms with van der Waals surface area (Å²) in [5.41, 5.74) is 2.97.